The molecule has 3 rings (SSSR count). The van der Waals surface area contributed by atoms with E-state index in [2.05, 4.69) is 22.9 Å². The Morgan fingerprint density at radius 2 is 1.79 bits per heavy atom. The summed E-state index contributed by atoms with van der Waals surface area (Å²) in [4.78, 5) is 27.1. The van der Waals surface area contributed by atoms with Crippen molar-refractivity contribution in [3.63, 3.8) is 0 Å². The Morgan fingerprint density at radius 1 is 1.04 bits per heavy atom. The fourth-order valence-corrected chi connectivity index (χ4v) is 3.39. The van der Waals surface area contributed by atoms with Gasteiger partial charge >= 0.3 is 6.03 Å². The van der Waals surface area contributed by atoms with Crippen molar-refractivity contribution >= 4 is 23.3 Å². The van der Waals surface area contributed by atoms with Gasteiger partial charge in [-0.3, -0.25) is 4.79 Å². The molecule has 0 saturated carbocycles. The van der Waals surface area contributed by atoms with Crippen LogP contribution in [0.25, 0.3) is 0 Å². The van der Waals surface area contributed by atoms with Crippen molar-refractivity contribution < 1.29 is 9.59 Å². The van der Waals surface area contributed by atoms with Crippen LogP contribution in [0.1, 0.15) is 25.3 Å². The molecule has 3 N–H and O–H groups in total. The molecular weight excluding hydrogens is 352 g/mol. The number of carbonyl (C=O) groups is 2. The van der Waals surface area contributed by atoms with E-state index in [-0.39, 0.29) is 17.9 Å². The van der Waals surface area contributed by atoms with Gasteiger partial charge in [-0.05, 0) is 43.1 Å². The third-order valence-corrected chi connectivity index (χ3v) is 4.95. The lowest BCUT2D eigenvalue weighted by atomic mass is 9.97. The number of nitrogens with zero attached hydrogens (tertiary/aromatic N) is 1. The zero-order valence-electron chi connectivity index (χ0n) is 16.3. The summed E-state index contributed by atoms with van der Waals surface area (Å²) in [6.07, 6.45) is 1.61. The zero-order valence-corrected chi connectivity index (χ0v) is 16.3. The molecule has 1 fully saturated rings. The first kappa shape index (κ1) is 19.9. The number of para-hydroxylation sites is 2. The number of hydrogen-bond acceptors (Lipinski definition) is 3. The molecule has 28 heavy (non-hydrogen) atoms. The predicted octanol–water partition coefficient (Wildman–Crippen LogP) is 3.68. The van der Waals surface area contributed by atoms with Gasteiger partial charge in [0.05, 0.1) is 5.92 Å². The fraction of sp³-hybridized carbons (Fsp3) is 0.364. The number of urea groups is 1. The van der Waals surface area contributed by atoms with Crippen LogP contribution >= 0.6 is 0 Å². The second-order valence-electron chi connectivity index (χ2n) is 7.01. The van der Waals surface area contributed by atoms with Crippen LogP contribution in [-0.2, 0) is 11.3 Å². The molecule has 1 atom stereocenters. The van der Waals surface area contributed by atoms with E-state index in [1.165, 1.54) is 0 Å². The summed E-state index contributed by atoms with van der Waals surface area (Å²) < 4.78 is 0. The van der Waals surface area contributed by atoms with E-state index >= 15 is 0 Å². The maximum Gasteiger partial charge on any atom is 0.321 e. The average Bonchev–Trinajstić information content (AvgIpc) is 2.74. The van der Waals surface area contributed by atoms with Crippen LogP contribution in [0, 0.1) is 5.92 Å². The number of anilines is 2. The normalized spacial score (nSPS) is 16.5. The van der Waals surface area contributed by atoms with Gasteiger partial charge in [0.1, 0.15) is 0 Å². The molecule has 1 saturated heterocycles. The van der Waals surface area contributed by atoms with Crippen molar-refractivity contribution in [1.82, 2.24) is 10.2 Å². The van der Waals surface area contributed by atoms with Crippen molar-refractivity contribution in [2.45, 2.75) is 26.3 Å². The summed E-state index contributed by atoms with van der Waals surface area (Å²) in [5, 5.41) is 9.25. The third kappa shape index (κ3) is 5.33. The maximum atomic E-state index is 12.8. The standard InChI is InChI=1S/C22H28N4O2/c1-2-23-15-17-9-6-7-13-20(17)25-21(27)18-10-8-14-26(16-18)22(28)24-19-11-4-3-5-12-19/h3-7,9,11-13,18,23H,2,8,10,14-16H2,1H3,(H,24,28)(H,25,27). The molecule has 0 radical (unpaired) electrons. The monoisotopic (exact) mass is 380 g/mol. The van der Waals surface area contributed by atoms with Crippen LogP contribution in [0.2, 0.25) is 0 Å². The minimum absolute atomic E-state index is 0.0267. The number of amides is 3. The van der Waals surface area contributed by atoms with Crippen LogP contribution < -0.4 is 16.0 Å². The second kappa shape index (κ2) is 9.90. The summed E-state index contributed by atoms with van der Waals surface area (Å²) in [5.41, 5.74) is 2.66. The Bertz CT molecular complexity index is 794. The molecule has 0 aliphatic carbocycles. The topological polar surface area (TPSA) is 73.5 Å². The number of hydrogen-bond donors (Lipinski definition) is 3. The molecule has 6 heteroatoms. The highest BCUT2D eigenvalue weighted by Gasteiger charge is 2.28. The molecular formula is C22H28N4O2. The van der Waals surface area contributed by atoms with Gasteiger partial charge in [-0.1, -0.05) is 43.3 Å². The largest absolute Gasteiger partial charge is 0.325 e. The lowest BCUT2D eigenvalue weighted by molar-refractivity contribution is -0.121. The van der Waals surface area contributed by atoms with E-state index < -0.39 is 0 Å². The number of likely N-dealkylation sites (tertiary alicyclic amines) is 1. The molecule has 6 nitrogen and oxygen atoms in total. The molecule has 1 unspecified atom stereocenters. The molecule has 1 aliphatic rings. The van der Waals surface area contributed by atoms with E-state index in [4.69, 9.17) is 0 Å². The zero-order chi connectivity index (χ0) is 19.8. The molecule has 0 bridgehead atoms. The van der Waals surface area contributed by atoms with Gasteiger partial charge in [0.25, 0.3) is 0 Å². The number of piperidine rings is 1. The highest BCUT2D eigenvalue weighted by Crippen LogP contribution is 2.21. The number of benzene rings is 2. The van der Waals surface area contributed by atoms with Crippen LogP contribution in [0.15, 0.2) is 54.6 Å². The second-order valence-corrected chi connectivity index (χ2v) is 7.01. The van der Waals surface area contributed by atoms with Crippen LogP contribution in [-0.4, -0.2) is 36.5 Å². The SMILES string of the molecule is CCNCc1ccccc1NC(=O)C1CCCN(C(=O)Nc2ccccc2)C1. The molecule has 3 amide bonds. The Kier molecular flexibility index (Phi) is 7.03. The molecule has 2 aromatic carbocycles. The number of rotatable bonds is 6. The van der Waals surface area contributed by atoms with Gasteiger partial charge in [-0.15, -0.1) is 0 Å². The van der Waals surface area contributed by atoms with E-state index in [0.717, 1.165) is 36.3 Å². The Morgan fingerprint density at radius 3 is 2.57 bits per heavy atom. The molecule has 0 spiro atoms. The quantitative estimate of drug-likeness (QED) is 0.716. The first-order valence-corrected chi connectivity index (χ1v) is 9.88. The predicted molar refractivity (Wildman–Crippen MR) is 112 cm³/mol. The van der Waals surface area contributed by atoms with Crippen molar-refractivity contribution in [2.24, 2.45) is 5.92 Å². The fourth-order valence-electron chi connectivity index (χ4n) is 3.39. The minimum Gasteiger partial charge on any atom is -0.325 e. The van der Waals surface area contributed by atoms with Crippen molar-refractivity contribution in [3.8, 4) is 0 Å². The first-order valence-electron chi connectivity index (χ1n) is 9.88. The first-order chi connectivity index (χ1) is 13.7. The summed E-state index contributed by atoms with van der Waals surface area (Å²) in [5.74, 6) is -0.233. The molecule has 0 aromatic heterocycles. The summed E-state index contributed by atoms with van der Waals surface area (Å²) in [6, 6.07) is 17.1. The Balaban J connectivity index is 1.59. The lowest BCUT2D eigenvalue weighted by Gasteiger charge is -2.32. The van der Waals surface area contributed by atoms with E-state index in [9.17, 15) is 9.59 Å². The maximum absolute atomic E-state index is 12.8. The van der Waals surface area contributed by atoms with Crippen molar-refractivity contribution in [3.05, 3.63) is 60.2 Å². The van der Waals surface area contributed by atoms with Crippen LogP contribution in [0.5, 0.6) is 0 Å². The highest BCUT2D eigenvalue weighted by atomic mass is 16.2. The van der Waals surface area contributed by atoms with Crippen molar-refractivity contribution in [2.75, 3.05) is 30.3 Å². The Hall–Kier alpha value is -2.86. The van der Waals surface area contributed by atoms with Gasteiger partial charge in [0.2, 0.25) is 5.91 Å². The lowest BCUT2D eigenvalue weighted by Crippen LogP contribution is -2.45. The van der Waals surface area contributed by atoms with Gasteiger partial charge in [0, 0.05) is 31.0 Å². The summed E-state index contributed by atoms with van der Waals surface area (Å²) in [6.45, 7) is 4.73. The number of nitrogens with one attached hydrogen (secondary N) is 3. The third-order valence-electron chi connectivity index (χ3n) is 4.95. The molecule has 2 aromatic rings. The van der Waals surface area contributed by atoms with Gasteiger partial charge in [0.15, 0.2) is 0 Å². The summed E-state index contributed by atoms with van der Waals surface area (Å²) in [7, 11) is 0. The van der Waals surface area contributed by atoms with E-state index in [1.54, 1.807) is 4.90 Å². The smallest absolute Gasteiger partial charge is 0.321 e. The average molecular weight is 380 g/mol. The van der Waals surface area contributed by atoms with Gasteiger partial charge in [-0.25, -0.2) is 4.79 Å². The van der Waals surface area contributed by atoms with Crippen molar-refractivity contribution in [1.29, 1.82) is 0 Å². The molecule has 1 heterocycles. The molecule has 148 valence electrons. The van der Waals surface area contributed by atoms with Crippen LogP contribution in [0.4, 0.5) is 16.2 Å². The van der Waals surface area contributed by atoms with E-state index in [0.29, 0.717) is 19.6 Å². The highest BCUT2D eigenvalue weighted by molar-refractivity contribution is 5.94. The van der Waals surface area contributed by atoms with Gasteiger partial charge < -0.3 is 20.9 Å². The molecule has 1 aliphatic heterocycles. The van der Waals surface area contributed by atoms with Crippen LogP contribution in [0.3, 0.4) is 0 Å². The van der Waals surface area contributed by atoms with E-state index in [1.807, 2.05) is 54.6 Å². The number of carbonyl (C=O) groups excluding carboxylic acids is 2. The Labute approximate surface area is 166 Å². The minimum atomic E-state index is -0.206. The summed E-state index contributed by atoms with van der Waals surface area (Å²) >= 11 is 0. The van der Waals surface area contributed by atoms with Gasteiger partial charge in [-0.2, -0.15) is 0 Å².